The number of piperidine rings is 1. The van der Waals surface area contributed by atoms with E-state index in [-0.39, 0.29) is 0 Å². The van der Waals surface area contributed by atoms with Gasteiger partial charge in [0.15, 0.2) is 0 Å². The van der Waals surface area contributed by atoms with Gasteiger partial charge in [-0.05, 0) is 64.1 Å². The summed E-state index contributed by atoms with van der Waals surface area (Å²) in [6, 6.07) is 0. The van der Waals surface area contributed by atoms with Gasteiger partial charge in [-0.3, -0.25) is 4.79 Å². The highest BCUT2D eigenvalue weighted by atomic mass is 16.2. The lowest BCUT2D eigenvalue weighted by atomic mass is 9.92. The Morgan fingerprint density at radius 1 is 0.656 bits per heavy atom. The number of hydrogen-bond acceptors (Lipinski definition) is 2. The third kappa shape index (κ3) is 15.3. The van der Waals surface area contributed by atoms with Crippen molar-refractivity contribution >= 4 is 5.91 Å². The van der Waals surface area contributed by atoms with Crippen molar-refractivity contribution in [3.63, 3.8) is 0 Å². The second kappa shape index (κ2) is 21.0. The van der Waals surface area contributed by atoms with Crippen LogP contribution in [-0.4, -0.2) is 48.4 Å². The number of carbonyl (C=O) groups excluding carboxylic acids is 1. The Morgan fingerprint density at radius 3 is 1.56 bits per heavy atom. The molecule has 1 amide bonds. The summed E-state index contributed by atoms with van der Waals surface area (Å²) in [6.45, 7) is 12.5. The van der Waals surface area contributed by atoms with E-state index >= 15 is 0 Å². The van der Waals surface area contributed by atoms with E-state index in [4.69, 9.17) is 0 Å². The van der Waals surface area contributed by atoms with Crippen LogP contribution in [0.4, 0.5) is 0 Å². The third-order valence-corrected chi connectivity index (χ3v) is 7.51. The van der Waals surface area contributed by atoms with E-state index < -0.39 is 0 Å². The number of unbranched alkanes of at least 4 members (excludes halogenated alkanes) is 12. The zero-order valence-corrected chi connectivity index (χ0v) is 22.4. The molecular formula is C29H58N2O. The summed E-state index contributed by atoms with van der Waals surface area (Å²) in [5.41, 5.74) is 0. The molecule has 1 saturated heterocycles. The van der Waals surface area contributed by atoms with Crippen LogP contribution in [0.3, 0.4) is 0 Å². The molecule has 0 aromatic rings. The predicted octanol–water partition coefficient (Wildman–Crippen LogP) is 8.22. The number of nitrogens with zero attached hydrogens (tertiary/aromatic N) is 2. The molecule has 1 aliphatic rings. The number of rotatable bonds is 21. The normalized spacial score (nSPS) is 15.1. The number of amides is 1. The van der Waals surface area contributed by atoms with Gasteiger partial charge in [-0.25, -0.2) is 0 Å². The second-order valence-corrected chi connectivity index (χ2v) is 10.4. The topological polar surface area (TPSA) is 23.6 Å². The van der Waals surface area contributed by atoms with Gasteiger partial charge in [0.05, 0.1) is 0 Å². The highest BCUT2D eigenvalue weighted by Gasteiger charge is 2.21. The molecule has 0 spiro atoms. The van der Waals surface area contributed by atoms with Gasteiger partial charge in [0.25, 0.3) is 0 Å². The molecule has 0 bridgehead atoms. The second-order valence-electron chi connectivity index (χ2n) is 10.4. The predicted molar refractivity (Wildman–Crippen MR) is 141 cm³/mol. The van der Waals surface area contributed by atoms with Crippen LogP contribution in [0, 0.1) is 5.92 Å². The van der Waals surface area contributed by atoms with Crippen LogP contribution in [0.25, 0.3) is 0 Å². The van der Waals surface area contributed by atoms with Crippen LogP contribution < -0.4 is 0 Å². The van der Waals surface area contributed by atoms with Gasteiger partial charge in [0.1, 0.15) is 0 Å². The Kier molecular flexibility index (Phi) is 19.3. The van der Waals surface area contributed by atoms with Crippen LogP contribution >= 0.6 is 0 Å². The largest absolute Gasteiger partial charge is 0.343 e. The summed E-state index contributed by atoms with van der Waals surface area (Å²) < 4.78 is 0. The lowest BCUT2D eigenvalue weighted by molar-refractivity contribution is -0.132. The molecule has 32 heavy (non-hydrogen) atoms. The Labute approximate surface area is 202 Å². The van der Waals surface area contributed by atoms with Crippen molar-refractivity contribution < 1.29 is 4.79 Å². The number of carbonyl (C=O) groups is 1. The fraction of sp³-hybridized carbons (Fsp3) is 0.966. The van der Waals surface area contributed by atoms with Crippen LogP contribution in [0.1, 0.15) is 143 Å². The van der Waals surface area contributed by atoms with Gasteiger partial charge in [-0.2, -0.15) is 0 Å². The molecule has 1 rings (SSSR count). The number of likely N-dealkylation sites (tertiary alicyclic amines) is 1. The summed E-state index contributed by atoms with van der Waals surface area (Å²) in [4.78, 5) is 16.8. The molecule has 0 radical (unpaired) electrons. The lowest BCUT2D eigenvalue weighted by Crippen LogP contribution is -2.38. The SMILES string of the molecule is CCCCCCCCCN(CCCCCCCCC)CCCC1CCN(C(=O)CC)CC1. The molecule has 0 aromatic carbocycles. The molecule has 1 fully saturated rings. The maximum Gasteiger partial charge on any atom is 0.222 e. The molecule has 0 saturated carbocycles. The molecular weight excluding hydrogens is 392 g/mol. The zero-order valence-electron chi connectivity index (χ0n) is 22.4. The third-order valence-electron chi connectivity index (χ3n) is 7.51. The van der Waals surface area contributed by atoms with Gasteiger partial charge < -0.3 is 9.80 Å². The molecule has 0 aromatic heterocycles. The summed E-state index contributed by atoms with van der Waals surface area (Å²) in [6.07, 6.45) is 25.5. The lowest BCUT2D eigenvalue weighted by Gasteiger charge is -2.32. The first-order valence-electron chi connectivity index (χ1n) is 14.7. The summed E-state index contributed by atoms with van der Waals surface area (Å²) in [5, 5.41) is 0. The fourth-order valence-electron chi connectivity index (χ4n) is 5.22. The van der Waals surface area contributed by atoms with E-state index in [2.05, 4.69) is 23.6 Å². The van der Waals surface area contributed by atoms with Gasteiger partial charge in [0, 0.05) is 19.5 Å². The van der Waals surface area contributed by atoms with Crippen LogP contribution in [-0.2, 0) is 4.79 Å². The first kappa shape index (κ1) is 29.5. The monoisotopic (exact) mass is 450 g/mol. The molecule has 190 valence electrons. The first-order valence-corrected chi connectivity index (χ1v) is 14.7. The average Bonchev–Trinajstić information content (AvgIpc) is 2.82. The minimum absolute atomic E-state index is 0.346. The molecule has 3 heteroatoms. The van der Waals surface area contributed by atoms with E-state index in [0.29, 0.717) is 12.3 Å². The zero-order chi connectivity index (χ0) is 23.3. The van der Waals surface area contributed by atoms with E-state index in [1.54, 1.807) is 0 Å². The first-order chi connectivity index (χ1) is 15.7. The molecule has 0 unspecified atom stereocenters. The van der Waals surface area contributed by atoms with Crippen LogP contribution in [0.15, 0.2) is 0 Å². The van der Waals surface area contributed by atoms with Crippen molar-refractivity contribution in [1.29, 1.82) is 0 Å². The minimum Gasteiger partial charge on any atom is -0.343 e. The number of hydrogen-bond donors (Lipinski definition) is 0. The van der Waals surface area contributed by atoms with Crippen molar-refractivity contribution in [1.82, 2.24) is 9.80 Å². The van der Waals surface area contributed by atoms with Gasteiger partial charge in [-0.1, -0.05) is 97.8 Å². The fourth-order valence-corrected chi connectivity index (χ4v) is 5.22. The molecule has 1 aliphatic heterocycles. The van der Waals surface area contributed by atoms with Crippen molar-refractivity contribution in [2.45, 2.75) is 143 Å². The van der Waals surface area contributed by atoms with Gasteiger partial charge >= 0.3 is 0 Å². The summed E-state index contributed by atoms with van der Waals surface area (Å²) in [5.74, 6) is 1.19. The molecule has 0 atom stereocenters. The molecule has 1 heterocycles. The van der Waals surface area contributed by atoms with Crippen molar-refractivity contribution in [3.05, 3.63) is 0 Å². The Balaban J connectivity index is 2.22. The van der Waals surface area contributed by atoms with Crippen LogP contribution in [0.2, 0.25) is 0 Å². The highest BCUT2D eigenvalue weighted by molar-refractivity contribution is 5.75. The quantitative estimate of drug-likeness (QED) is 0.164. The average molecular weight is 451 g/mol. The van der Waals surface area contributed by atoms with Crippen molar-refractivity contribution in [2.24, 2.45) is 5.92 Å². The van der Waals surface area contributed by atoms with Gasteiger partial charge in [0.2, 0.25) is 5.91 Å². The van der Waals surface area contributed by atoms with E-state index in [1.165, 1.54) is 135 Å². The molecule has 0 N–H and O–H groups in total. The van der Waals surface area contributed by atoms with E-state index in [0.717, 1.165) is 19.0 Å². The Bertz CT molecular complexity index is 399. The van der Waals surface area contributed by atoms with E-state index in [1.807, 2.05) is 6.92 Å². The van der Waals surface area contributed by atoms with Crippen LogP contribution in [0.5, 0.6) is 0 Å². The smallest absolute Gasteiger partial charge is 0.222 e. The minimum atomic E-state index is 0.346. The van der Waals surface area contributed by atoms with E-state index in [9.17, 15) is 4.79 Å². The molecule has 0 aliphatic carbocycles. The highest BCUT2D eigenvalue weighted by Crippen LogP contribution is 2.22. The summed E-state index contributed by atoms with van der Waals surface area (Å²) in [7, 11) is 0. The van der Waals surface area contributed by atoms with Gasteiger partial charge in [-0.15, -0.1) is 0 Å². The maximum atomic E-state index is 11.9. The maximum absolute atomic E-state index is 11.9. The standard InChI is InChI=1S/C29H58N2O/c1-4-7-9-11-13-15-17-23-30(24-18-16-14-12-10-8-5-2)25-19-20-28-21-26-31(27-22-28)29(32)6-3/h28H,4-27H2,1-3H3. The van der Waals surface area contributed by atoms with Crippen molar-refractivity contribution in [2.75, 3.05) is 32.7 Å². The Morgan fingerprint density at radius 2 is 1.09 bits per heavy atom. The van der Waals surface area contributed by atoms with Crippen molar-refractivity contribution in [3.8, 4) is 0 Å². The summed E-state index contributed by atoms with van der Waals surface area (Å²) >= 11 is 0. The molecule has 3 nitrogen and oxygen atoms in total. The Hall–Kier alpha value is -0.570.